The molecule has 2 heterocycles. The number of halogens is 3. The number of hydrogen-bond donors (Lipinski definition) is 1. The molecule has 1 unspecified atom stereocenters. The van der Waals surface area contributed by atoms with Crippen LogP contribution in [0, 0.1) is 12.8 Å². The Morgan fingerprint density at radius 3 is 2.55 bits per heavy atom. The first-order valence-corrected chi connectivity index (χ1v) is 6.26. The van der Waals surface area contributed by atoms with Crippen LogP contribution in [0.3, 0.4) is 0 Å². The van der Waals surface area contributed by atoms with E-state index in [-0.39, 0.29) is 37.5 Å². The van der Waals surface area contributed by atoms with Crippen LogP contribution in [-0.4, -0.2) is 46.4 Å². The van der Waals surface area contributed by atoms with Crippen molar-refractivity contribution >= 4 is 5.91 Å². The molecule has 1 saturated heterocycles. The molecular weight excluding hydrogens is 277 g/mol. The van der Waals surface area contributed by atoms with Gasteiger partial charge < -0.3 is 14.5 Å². The minimum atomic E-state index is -4.61. The van der Waals surface area contributed by atoms with Gasteiger partial charge in [-0.25, -0.2) is 0 Å². The number of aromatic nitrogens is 1. The van der Waals surface area contributed by atoms with Crippen molar-refractivity contribution in [2.24, 2.45) is 5.92 Å². The Morgan fingerprint density at radius 1 is 1.50 bits per heavy atom. The highest BCUT2D eigenvalue weighted by Crippen LogP contribution is 2.31. The van der Waals surface area contributed by atoms with Gasteiger partial charge in [-0.15, -0.1) is 0 Å². The number of likely N-dealkylation sites (tertiary alicyclic amines) is 1. The van der Waals surface area contributed by atoms with Crippen LogP contribution in [0.25, 0.3) is 0 Å². The van der Waals surface area contributed by atoms with Gasteiger partial charge in [0.15, 0.2) is 11.8 Å². The molecule has 1 N–H and O–H groups in total. The van der Waals surface area contributed by atoms with E-state index in [0.29, 0.717) is 5.76 Å². The van der Waals surface area contributed by atoms with Gasteiger partial charge in [-0.1, -0.05) is 5.16 Å². The molecule has 112 valence electrons. The smallest absolute Gasteiger partial charge is 0.383 e. The van der Waals surface area contributed by atoms with Crippen LogP contribution in [0.4, 0.5) is 13.2 Å². The quantitative estimate of drug-likeness (QED) is 0.902. The third kappa shape index (κ3) is 3.12. The Kier molecular flexibility index (Phi) is 4.03. The van der Waals surface area contributed by atoms with Gasteiger partial charge in [-0.3, -0.25) is 4.79 Å². The van der Waals surface area contributed by atoms with Gasteiger partial charge in [-0.05, 0) is 25.7 Å². The largest absolute Gasteiger partial charge is 0.414 e. The van der Waals surface area contributed by atoms with E-state index in [2.05, 4.69) is 5.16 Å². The van der Waals surface area contributed by atoms with Gasteiger partial charge in [-0.2, -0.15) is 13.2 Å². The number of hydrogen-bond acceptors (Lipinski definition) is 4. The standard InChI is InChI=1S/C12H15F3N2O3/c1-7-6-9(16-20-7)11(19)17-4-2-8(3-5-17)10(18)12(13,14)15/h6,8,10,18H,2-5H2,1H3. The highest BCUT2D eigenvalue weighted by atomic mass is 19.4. The zero-order valence-corrected chi connectivity index (χ0v) is 10.9. The van der Waals surface area contributed by atoms with Crippen molar-refractivity contribution in [3.63, 3.8) is 0 Å². The van der Waals surface area contributed by atoms with E-state index in [4.69, 9.17) is 4.52 Å². The molecule has 1 aliphatic rings. The van der Waals surface area contributed by atoms with Crippen molar-refractivity contribution in [1.82, 2.24) is 10.1 Å². The average Bonchev–Trinajstić information content (AvgIpc) is 2.83. The fourth-order valence-electron chi connectivity index (χ4n) is 2.31. The zero-order valence-electron chi connectivity index (χ0n) is 10.9. The van der Waals surface area contributed by atoms with Crippen LogP contribution < -0.4 is 0 Å². The second-order valence-electron chi connectivity index (χ2n) is 4.94. The van der Waals surface area contributed by atoms with Gasteiger partial charge in [0.2, 0.25) is 0 Å². The van der Waals surface area contributed by atoms with E-state index < -0.39 is 18.2 Å². The third-order valence-electron chi connectivity index (χ3n) is 3.46. The number of rotatable bonds is 2. The number of amides is 1. The second-order valence-corrected chi connectivity index (χ2v) is 4.94. The second kappa shape index (κ2) is 5.43. The van der Waals surface area contributed by atoms with E-state index in [1.54, 1.807) is 6.92 Å². The van der Waals surface area contributed by atoms with E-state index in [1.165, 1.54) is 11.0 Å². The molecule has 0 bridgehead atoms. The molecule has 20 heavy (non-hydrogen) atoms. The zero-order chi connectivity index (χ0) is 14.9. The Balaban J connectivity index is 1.93. The summed E-state index contributed by atoms with van der Waals surface area (Å²) in [5, 5.41) is 12.8. The summed E-state index contributed by atoms with van der Waals surface area (Å²) in [7, 11) is 0. The van der Waals surface area contributed by atoms with Crippen LogP contribution in [0.2, 0.25) is 0 Å². The minimum Gasteiger partial charge on any atom is -0.383 e. The predicted molar refractivity (Wildman–Crippen MR) is 61.9 cm³/mol. The molecule has 1 aromatic rings. The molecule has 1 amide bonds. The molecule has 5 nitrogen and oxygen atoms in total. The van der Waals surface area contributed by atoms with Gasteiger partial charge in [0.1, 0.15) is 5.76 Å². The molecule has 1 atom stereocenters. The molecule has 1 aromatic heterocycles. The average molecular weight is 292 g/mol. The van der Waals surface area contributed by atoms with Crippen molar-refractivity contribution < 1.29 is 27.6 Å². The van der Waals surface area contributed by atoms with Crippen molar-refractivity contribution in [1.29, 1.82) is 0 Å². The summed E-state index contributed by atoms with van der Waals surface area (Å²) < 4.78 is 42.0. The summed E-state index contributed by atoms with van der Waals surface area (Å²) in [6.45, 7) is 1.99. The SMILES string of the molecule is Cc1cc(C(=O)N2CCC(C(O)C(F)(F)F)CC2)no1. The first kappa shape index (κ1) is 14.8. The third-order valence-corrected chi connectivity index (χ3v) is 3.46. The Morgan fingerprint density at radius 2 is 2.10 bits per heavy atom. The van der Waals surface area contributed by atoms with Crippen LogP contribution in [-0.2, 0) is 0 Å². The number of aliphatic hydroxyl groups excluding tert-OH is 1. The molecule has 8 heteroatoms. The molecule has 1 fully saturated rings. The number of piperidine rings is 1. The number of aliphatic hydroxyl groups is 1. The highest BCUT2D eigenvalue weighted by molar-refractivity contribution is 5.92. The lowest BCUT2D eigenvalue weighted by Gasteiger charge is -2.34. The molecule has 0 spiro atoms. The molecule has 0 saturated carbocycles. The summed E-state index contributed by atoms with van der Waals surface area (Å²) in [6, 6.07) is 1.49. The topological polar surface area (TPSA) is 66.6 Å². The molecular formula is C12H15F3N2O3. The van der Waals surface area contributed by atoms with E-state index in [0.717, 1.165) is 0 Å². The van der Waals surface area contributed by atoms with Crippen LogP contribution in [0.5, 0.6) is 0 Å². The Bertz CT molecular complexity index is 479. The van der Waals surface area contributed by atoms with E-state index >= 15 is 0 Å². The molecule has 2 rings (SSSR count). The summed E-state index contributed by atoms with van der Waals surface area (Å²) in [5.41, 5.74) is 0.150. The van der Waals surface area contributed by atoms with Gasteiger partial charge in [0.05, 0.1) is 0 Å². The maximum Gasteiger partial charge on any atom is 0.414 e. The Hall–Kier alpha value is -1.57. The van der Waals surface area contributed by atoms with Crippen molar-refractivity contribution in [3.8, 4) is 0 Å². The van der Waals surface area contributed by atoms with Crippen molar-refractivity contribution in [2.45, 2.75) is 32.0 Å². The monoisotopic (exact) mass is 292 g/mol. The first-order chi connectivity index (χ1) is 9.29. The number of carbonyl (C=O) groups is 1. The minimum absolute atomic E-state index is 0.114. The lowest BCUT2D eigenvalue weighted by atomic mass is 9.91. The normalized spacial score (nSPS) is 19.1. The van der Waals surface area contributed by atoms with Gasteiger partial charge in [0.25, 0.3) is 5.91 Å². The number of nitrogens with zero attached hydrogens (tertiary/aromatic N) is 2. The van der Waals surface area contributed by atoms with Crippen LogP contribution in [0.1, 0.15) is 29.1 Å². The number of alkyl halides is 3. The fourth-order valence-corrected chi connectivity index (χ4v) is 2.31. The summed E-state index contributed by atoms with van der Waals surface area (Å²) in [5.74, 6) is -0.726. The van der Waals surface area contributed by atoms with Crippen molar-refractivity contribution in [3.05, 3.63) is 17.5 Å². The molecule has 0 aliphatic carbocycles. The maximum atomic E-state index is 12.4. The fraction of sp³-hybridized carbons (Fsp3) is 0.667. The summed E-state index contributed by atoms with van der Waals surface area (Å²) >= 11 is 0. The molecule has 0 aromatic carbocycles. The molecule has 1 aliphatic heterocycles. The van der Waals surface area contributed by atoms with Crippen molar-refractivity contribution in [2.75, 3.05) is 13.1 Å². The lowest BCUT2D eigenvalue weighted by Crippen LogP contribution is -2.45. The van der Waals surface area contributed by atoms with Gasteiger partial charge >= 0.3 is 6.18 Å². The van der Waals surface area contributed by atoms with Gasteiger partial charge in [0, 0.05) is 19.2 Å². The van der Waals surface area contributed by atoms with Crippen LogP contribution in [0.15, 0.2) is 10.6 Å². The summed E-state index contributed by atoms with van der Waals surface area (Å²) in [6.07, 6.45) is -6.71. The highest BCUT2D eigenvalue weighted by Gasteiger charge is 2.44. The Labute approximate surface area is 113 Å². The van der Waals surface area contributed by atoms with E-state index in [1.807, 2.05) is 0 Å². The lowest BCUT2D eigenvalue weighted by molar-refractivity contribution is -0.222. The number of aryl methyl sites for hydroxylation is 1. The summed E-state index contributed by atoms with van der Waals surface area (Å²) in [4.78, 5) is 13.4. The number of carbonyl (C=O) groups excluding carboxylic acids is 1. The first-order valence-electron chi connectivity index (χ1n) is 6.26. The molecule has 0 radical (unpaired) electrons. The van der Waals surface area contributed by atoms with E-state index in [9.17, 15) is 23.1 Å². The van der Waals surface area contributed by atoms with Crippen LogP contribution >= 0.6 is 0 Å². The maximum absolute atomic E-state index is 12.4. The predicted octanol–water partition coefficient (Wildman–Crippen LogP) is 1.76.